The van der Waals surface area contributed by atoms with Gasteiger partial charge >= 0.3 is 0 Å². The Kier molecular flexibility index (Phi) is 4.89. The van der Waals surface area contributed by atoms with Crippen molar-refractivity contribution in [3.8, 4) is 0 Å². The number of hydrogen-bond donors (Lipinski definition) is 2. The van der Waals surface area contributed by atoms with E-state index >= 15 is 0 Å². The average Bonchev–Trinajstić information content (AvgIpc) is 3.15. The predicted octanol–water partition coefficient (Wildman–Crippen LogP) is 3.05. The van der Waals surface area contributed by atoms with E-state index in [-0.39, 0.29) is 11.8 Å². The molecule has 2 heterocycles. The number of nitrogens with one attached hydrogen (secondary N) is 2. The molecule has 28 heavy (non-hydrogen) atoms. The number of nitrogens with zero attached hydrogens (tertiary/aromatic N) is 1. The summed E-state index contributed by atoms with van der Waals surface area (Å²) in [6, 6.07) is 19.7. The zero-order chi connectivity index (χ0) is 19.5. The van der Waals surface area contributed by atoms with Crippen LogP contribution in [0.5, 0.6) is 0 Å². The maximum Gasteiger partial charge on any atom is 0.246 e. The van der Waals surface area contributed by atoms with Crippen molar-refractivity contribution in [1.29, 1.82) is 0 Å². The number of para-hydroxylation sites is 1. The van der Waals surface area contributed by atoms with Gasteiger partial charge in [-0.15, -0.1) is 0 Å². The van der Waals surface area contributed by atoms with E-state index in [0.717, 1.165) is 16.9 Å². The van der Waals surface area contributed by atoms with Gasteiger partial charge in [0, 0.05) is 35.7 Å². The molecule has 0 saturated carbocycles. The molecule has 4 rings (SSSR count). The molecule has 1 atom stereocenters. The first-order valence-corrected chi connectivity index (χ1v) is 9.36. The van der Waals surface area contributed by atoms with Crippen LogP contribution in [0.2, 0.25) is 0 Å². The number of carbonyl (C=O) groups is 2. The largest absolute Gasteiger partial charge is 0.344 e. The van der Waals surface area contributed by atoms with E-state index in [9.17, 15) is 9.59 Å². The number of aryl methyl sites for hydroxylation is 1. The summed E-state index contributed by atoms with van der Waals surface area (Å²) in [5.41, 5.74) is 4.05. The highest BCUT2D eigenvalue weighted by Crippen LogP contribution is 2.15. The highest BCUT2D eigenvalue weighted by molar-refractivity contribution is 5.99. The van der Waals surface area contributed by atoms with Gasteiger partial charge in [-0.25, -0.2) is 0 Å². The Hall–Kier alpha value is -3.47. The quantitative estimate of drug-likeness (QED) is 0.692. The lowest BCUT2D eigenvalue weighted by Gasteiger charge is -2.10. The van der Waals surface area contributed by atoms with Crippen molar-refractivity contribution in [2.45, 2.75) is 18.9 Å². The van der Waals surface area contributed by atoms with Crippen molar-refractivity contribution in [2.24, 2.45) is 7.05 Å². The highest BCUT2D eigenvalue weighted by atomic mass is 16.2. The molecule has 2 aromatic carbocycles. The summed E-state index contributed by atoms with van der Waals surface area (Å²) >= 11 is 0. The maximum absolute atomic E-state index is 12.2. The van der Waals surface area contributed by atoms with E-state index in [1.807, 2.05) is 42.5 Å². The summed E-state index contributed by atoms with van der Waals surface area (Å²) in [6.45, 7) is 0. The first kappa shape index (κ1) is 17.9. The molecule has 0 bridgehead atoms. The van der Waals surface area contributed by atoms with Gasteiger partial charge in [0.05, 0.1) is 0 Å². The SMILES string of the molecule is C[n+]1c(C=Cc2ccc(NC(=O)[C@@H]3CCC(=O)N3)cc2)ccc2ccccc21. The molecule has 140 valence electrons. The van der Waals surface area contributed by atoms with Gasteiger partial charge in [-0.2, -0.15) is 4.57 Å². The fourth-order valence-electron chi connectivity index (χ4n) is 3.43. The molecular weight excluding hydrogens is 350 g/mol. The second kappa shape index (κ2) is 7.64. The van der Waals surface area contributed by atoms with Crippen molar-refractivity contribution in [3.05, 3.63) is 71.9 Å². The molecule has 0 spiro atoms. The zero-order valence-electron chi connectivity index (χ0n) is 15.7. The molecule has 2 amide bonds. The highest BCUT2D eigenvalue weighted by Gasteiger charge is 2.27. The Labute approximate surface area is 163 Å². The molecule has 2 N–H and O–H groups in total. The lowest BCUT2D eigenvalue weighted by Crippen LogP contribution is -2.37. The summed E-state index contributed by atoms with van der Waals surface area (Å²) in [5, 5.41) is 6.74. The number of hydrogen-bond acceptors (Lipinski definition) is 2. The monoisotopic (exact) mass is 372 g/mol. The van der Waals surface area contributed by atoms with Crippen LogP contribution in [0.3, 0.4) is 0 Å². The van der Waals surface area contributed by atoms with Crippen LogP contribution in [0.1, 0.15) is 24.1 Å². The van der Waals surface area contributed by atoms with E-state index in [4.69, 9.17) is 0 Å². The van der Waals surface area contributed by atoms with Crippen molar-refractivity contribution in [3.63, 3.8) is 0 Å². The minimum absolute atomic E-state index is 0.0671. The average molecular weight is 372 g/mol. The van der Waals surface area contributed by atoms with Gasteiger partial charge in [0.2, 0.25) is 23.0 Å². The molecule has 5 heteroatoms. The molecular formula is C23H22N3O2+. The van der Waals surface area contributed by atoms with Gasteiger partial charge in [-0.3, -0.25) is 9.59 Å². The second-order valence-electron chi connectivity index (χ2n) is 6.98. The van der Waals surface area contributed by atoms with E-state index in [1.54, 1.807) is 0 Å². The molecule has 3 aromatic rings. The van der Waals surface area contributed by atoms with Gasteiger partial charge in [0.15, 0.2) is 0 Å². The summed E-state index contributed by atoms with van der Waals surface area (Å²) in [5.74, 6) is -0.236. The van der Waals surface area contributed by atoms with Crippen LogP contribution < -0.4 is 15.2 Å². The molecule has 0 aliphatic carbocycles. The van der Waals surface area contributed by atoms with E-state index in [0.29, 0.717) is 12.8 Å². The summed E-state index contributed by atoms with van der Waals surface area (Å²) in [7, 11) is 2.06. The minimum atomic E-state index is -0.431. The van der Waals surface area contributed by atoms with Crippen LogP contribution >= 0.6 is 0 Å². The van der Waals surface area contributed by atoms with Crippen molar-refractivity contribution in [2.75, 3.05) is 5.32 Å². The number of rotatable bonds is 4. The molecule has 5 nitrogen and oxygen atoms in total. The number of carbonyl (C=O) groups excluding carboxylic acids is 2. The van der Waals surface area contributed by atoms with Crippen LogP contribution in [-0.2, 0) is 16.6 Å². The number of anilines is 1. The van der Waals surface area contributed by atoms with Gasteiger partial charge in [-0.05, 0) is 42.3 Å². The Balaban J connectivity index is 1.45. The van der Waals surface area contributed by atoms with Gasteiger partial charge in [0.25, 0.3) is 0 Å². The minimum Gasteiger partial charge on any atom is -0.344 e. The first-order valence-electron chi connectivity index (χ1n) is 9.36. The Morgan fingerprint density at radius 2 is 1.86 bits per heavy atom. The van der Waals surface area contributed by atoms with Crippen molar-refractivity contribution >= 4 is 40.6 Å². The number of benzene rings is 2. The van der Waals surface area contributed by atoms with Crippen LogP contribution in [-0.4, -0.2) is 17.9 Å². The Morgan fingerprint density at radius 1 is 1.07 bits per heavy atom. The number of fused-ring (bicyclic) bond motifs is 1. The van der Waals surface area contributed by atoms with Crippen molar-refractivity contribution < 1.29 is 14.2 Å². The van der Waals surface area contributed by atoms with Crippen LogP contribution in [0.4, 0.5) is 5.69 Å². The maximum atomic E-state index is 12.2. The summed E-state index contributed by atoms with van der Waals surface area (Å²) in [4.78, 5) is 23.4. The zero-order valence-corrected chi connectivity index (χ0v) is 15.7. The molecule has 1 aromatic heterocycles. The molecule has 0 radical (unpaired) electrons. The van der Waals surface area contributed by atoms with Crippen LogP contribution in [0, 0.1) is 0 Å². The smallest absolute Gasteiger partial charge is 0.246 e. The van der Waals surface area contributed by atoms with E-state index < -0.39 is 6.04 Å². The van der Waals surface area contributed by atoms with Gasteiger partial charge in [-0.1, -0.05) is 24.3 Å². The summed E-state index contributed by atoms with van der Waals surface area (Å²) in [6.07, 6.45) is 5.09. The number of aromatic nitrogens is 1. The predicted molar refractivity (Wildman–Crippen MR) is 110 cm³/mol. The molecule has 1 saturated heterocycles. The lowest BCUT2D eigenvalue weighted by atomic mass is 10.1. The molecule has 1 fully saturated rings. The standard InChI is InChI=1S/C23H21N3O2/c1-26-19(13-9-17-4-2-3-5-21(17)26)12-8-16-6-10-18(11-7-16)24-23(28)20-14-15-22(27)25-20/h2-13,20H,14-15H2,1H3,(H,25,27)/p+1/t20-/m0/s1. The Bertz CT molecular complexity index is 1070. The lowest BCUT2D eigenvalue weighted by molar-refractivity contribution is -0.646. The first-order chi connectivity index (χ1) is 13.6. The third-order valence-corrected chi connectivity index (χ3v) is 5.06. The Morgan fingerprint density at radius 3 is 2.61 bits per heavy atom. The molecule has 1 aliphatic heterocycles. The number of amides is 2. The van der Waals surface area contributed by atoms with Crippen molar-refractivity contribution in [1.82, 2.24) is 5.32 Å². The second-order valence-corrected chi connectivity index (χ2v) is 6.98. The van der Waals surface area contributed by atoms with Gasteiger partial charge in [0.1, 0.15) is 13.1 Å². The fraction of sp³-hybridized carbons (Fsp3) is 0.174. The fourth-order valence-corrected chi connectivity index (χ4v) is 3.43. The topological polar surface area (TPSA) is 62.1 Å². The van der Waals surface area contributed by atoms with E-state index in [1.165, 1.54) is 10.9 Å². The van der Waals surface area contributed by atoms with Crippen LogP contribution in [0.25, 0.3) is 23.1 Å². The van der Waals surface area contributed by atoms with E-state index in [2.05, 4.69) is 52.6 Å². The van der Waals surface area contributed by atoms with Crippen LogP contribution in [0.15, 0.2) is 60.7 Å². The third kappa shape index (κ3) is 3.78. The molecule has 1 aliphatic rings. The summed E-state index contributed by atoms with van der Waals surface area (Å²) < 4.78 is 2.16. The number of pyridine rings is 1. The third-order valence-electron chi connectivity index (χ3n) is 5.06. The van der Waals surface area contributed by atoms with Gasteiger partial charge < -0.3 is 10.6 Å². The normalized spacial score (nSPS) is 16.5. The molecule has 0 unspecified atom stereocenters.